The van der Waals surface area contributed by atoms with E-state index in [0.29, 0.717) is 111 Å². The lowest BCUT2D eigenvalue weighted by molar-refractivity contribution is -0.0123. The number of halogens is 4. The predicted octanol–water partition coefficient (Wildman–Crippen LogP) is 10.4. The van der Waals surface area contributed by atoms with Gasteiger partial charge in [0.2, 0.25) is 0 Å². The van der Waals surface area contributed by atoms with E-state index in [4.69, 9.17) is 56.7 Å². The zero-order chi connectivity index (χ0) is 62.4. The molecule has 0 bridgehead atoms. The van der Waals surface area contributed by atoms with Gasteiger partial charge in [0.1, 0.15) is 62.8 Å². The summed E-state index contributed by atoms with van der Waals surface area (Å²) < 4.78 is 92.7. The third-order valence-electron chi connectivity index (χ3n) is 20.3. The van der Waals surface area contributed by atoms with E-state index >= 15 is 17.6 Å². The van der Waals surface area contributed by atoms with Crippen LogP contribution in [-0.4, -0.2) is 166 Å². The van der Waals surface area contributed by atoms with E-state index in [1.165, 1.54) is 48.8 Å². The van der Waals surface area contributed by atoms with E-state index in [1.807, 2.05) is 16.8 Å². The molecule has 4 aromatic carbocycles. The average molecular weight is 1230 g/mol. The van der Waals surface area contributed by atoms with Gasteiger partial charge in [-0.05, 0) is 144 Å². The number of terminal acetylenes is 2. The van der Waals surface area contributed by atoms with Crippen LogP contribution < -0.4 is 19.3 Å². The molecule has 4 saturated heterocycles. The van der Waals surface area contributed by atoms with Gasteiger partial charge in [-0.2, -0.15) is 19.9 Å². The van der Waals surface area contributed by atoms with Crippen LogP contribution in [0.2, 0.25) is 0 Å². The minimum atomic E-state index is -1.27. The molecule has 21 heteroatoms. The van der Waals surface area contributed by atoms with Crippen molar-refractivity contribution in [2.45, 2.75) is 94.7 Å². The number of nitrogens with zero attached hydrogens (tertiary/aromatic N) is 10. The van der Waals surface area contributed by atoms with Gasteiger partial charge in [0.15, 0.2) is 11.6 Å². The fourth-order valence-electron chi connectivity index (χ4n) is 15.9. The normalized spacial score (nSPS) is 25.1. The highest BCUT2D eigenvalue weighted by Crippen LogP contribution is 2.54. The molecule has 6 aliphatic rings. The van der Waals surface area contributed by atoms with Crippen molar-refractivity contribution in [2.75, 3.05) is 103 Å². The molecular weight excluding hydrogens is 1160 g/mol. The zero-order valence-corrected chi connectivity index (χ0v) is 50.6. The van der Waals surface area contributed by atoms with E-state index in [1.54, 1.807) is 13.0 Å². The molecule has 0 radical (unpaired) electrons. The lowest BCUT2D eigenvalue weighted by Gasteiger charge is -2.44. The summed E-state index contributed by atoms with van der Waals surface area (Å²) >= 11 is 0. The van der Waals surface area contributed by atoms with E-state index in [0.717, 1.165) is 45.1 Å². The maximum atomic E-state index is 18.1. The maximum Gasteiger partial charge on any atom is 0.319 e. The Hall–Kier alpha value is -8.18. The first-order valence-electron chi connectivity index (χ1n) is 31.1. The van der Waals surface area contributed by atoms with Gasteiger partial charge in [0.05, 0.1) is 61.5 Å². The number of hydrogen-bond acceptors (Lipinski definition) is 17. The zero-order valence-electron chi connectivity index (χ0n) is 50.6. The van der Waals surface area contributed by atoms with Gasteiger partial charge in [-0.25, -0.2) is 17.6 Å². The van der Waals surface area contributed by atoms with E-state index in [2.05, 4.69) is 33.7 Å². The van der Waals surface area contributed by atoms with E-state index < -0.39 is 34.3 Å². The SMILES string of the molecule is C#Cc1c(F)ccc2cc(O)cc(-c3ncc4c(N5CCCOCC5)nc(OCC56CCC(c7cc(F)c(C#C)c8c(-c9ncc%10c(N%11CCOCC(C)(O)C%11)nc(OCC%11%12CCCCC%11N(C)CC%12)nc%10c9F)cc(O)cc78)CC5N(C)CC6)nc4c3F)c12. The van der Waals surface area contributed by atoms with Gasteiger partial charge >= 0.3 is 12.0 Å². The maximum absolute atomic E-state index is 18.1. The highest BCUT2D eigenvalue weighted by atomic mass is 19.1. The molecule has 3 N–H and O–H groups in total. The van der Waals surface area contributed by atoms with E-state index in [-0.39, 0.29) is 128 Å². The number of aliphatic hydroxyl groups is 1. The number of benzene rings is 4. The molecule has 90 heavy (non-hydrogen) atoms. The number of ether oxygens (including phenoxy) is 4. The Morgan fingerprint density at radius 3 is 1.93 bits per heavy atom. The first-order chi connectivity index (χ1) is 43.5. The summed E-state index contributed by atoms with van der Waals surface area (Å²) in [6.07, 6.45) is 23.2. The van der Waals surface area contributed by atoms with Crippen molar-refractivity contribution >= 4 is 55.0 Å². The Morgan fingerprint density at radius 1 is 0.633 bits per heavy atom. The highest BCUT2D eigenvalue weighted by molar-refractivity contribution is 6.05. The van der Waals surface area contributed by atoms with Crippen molar-refractivity contribution in [1.29, 1.82) is 0 Å². The van der Waals surface area contributed by atoms with Crippen LogP contribution in [-0.2, 0) is 9.47 Å². The summed E-state index contributed by atoms with van der Waals surface area (Å²) in [5.74, 6) is 1.89. The summed E-state index contributed by atoms with van der Waals surface area (Å²) in [5.41, 5.74) is -1.96. The number of likely N-dealkylation sites (tertiary alicyclic amines) is 2. The molecular formula is C69H70F4N10O7. The Balaban J connectivity index is 0.810. The van der Waals surface area contributed by atoms with Gasteiger partial charge in [-0.15, -0.1) is 12.8 Å². The number of fused-ring (bicyclic) bond motifs is 6. The quantitative estimate of drug-likeness (QED) is 0.0819. The minimum Gasteiger partial charge on any atom is -0.508 e. The summed E-state index contributed by atoms with van der Waals surface area (Å²) in [7, 11) is 4.19. The topological polar surface area (TPSA) is 188 Å². The number of pyridine rings is 2. The standard InChI is InChI=1S/C69H70F4N10O7/c1-6-43-51(70)13-12-40-27-41(84)30-47(55(40)43)59-57(72)61-49(33-74-59)63(82-19-10-24-87-25-22-82)78-65(76-61)90-38-69-16-14-39(28-54(69)81(5)21-18-69)45-32-52(71)44(7-2)56-46(45)29-42(85)31-48(56)60-58(73)62-50(34-75-60)64(83-23-26-88-36-67(3,86)35-83)79-66(77-62)89-37-68-15-9-8-11-53(68)80(4)20-17-68/h1-2,12-13,27,29-34,39,53-54,84-86H,8-11,14-26,28,35-38H2,3-5H3. The Kier molecular flexibility index (Phi) is 15.4. The van der Waals surface area contributed by atoms with Crippen LogP contribution in [0.15, 0.2) is 54.9 Å². The first-order valence-corrected chi connectivity index (χ1v) is 31.1. The molecule has 6 fully saturated rings. The molecule has 8 aromatic rings. The third-order valence-corrected chi connectivity index (χ3v) is 20.3. The molecule has 0 amide bonds. The Morgan fingerprint density at radius 2 is 1.24 bits per heavy atom. The molecule has 6 atom stereocenters. The van der Waals surface area contributed by atoms with Crippen molar-refractivity contribution in [2.24, 2.45) is 10.8 Å². The summed E-state index contributed by atoms with van der Waals surface area (Å²) in [6, 6.07) is 9.84. The van der Waals surface area contributed by atoms with Crippen molar-refractivity contribution in [3.8, 4) is 70.7 Å². The third kappa shape index (κ3) is 10.4. The monoisotopic (exact) mass is 1230 g/mol. The Bertz CT molecular complexity index is 4280. The second-order valence-corrected chi connectivity index (χ2v) is 26.0. The Labute approximate surface area is 518 Å². The molecule has 4 aromatic heterocycles. The number of rotatable bonds is 11. The number of aromatic hydroxyl groups is 2. The second kappa shape index (κ2) is 23.2. The number of phenolic OH excluding ortho intramolecular Hbond substituents is 2. The van der Waals surface area contributed by atoms with Crippen LogP contribution in [0.1, 0.15) is 93.7 Å². The lowest BCUT2D eigenvalue weighted by Crippen LogP contribution is -2.46. The van der Waals surface area contributed by atoms with Crippen LogP contribution in [0, 0.1) is 58.8 Å². The van der Waals surface area contributed by atoms with Crippen LogP contribution in [0.3, 0.4) is 0 Å². The molecule has 6 unspecified atom stereocenters. The van der Waals surface area contributed by atoms with Gasteiger partial charge in [0, 0.05) is 83.4 Å². The van der Waals surface area contributed by atoms with Crippen LogP contribution in [0.4, 0.5) is 29.2 Å². The first kappa shape index (κ1) is 59.4. The number of β-amino-alcohol motifs (C(OH)–C–C–N with tert-alkyl or cyclic N) is 1. The molecule has 0 spiro atoms. The second-order valence-electron chi connectivity index (χ2n) is 26.0. The summed E-state index contributed by atoms with van der Waals surface area (Å²) in [6.45, 7) is 6.55. The average Bonchev–Trinajstić information content (AvgIpc) is 0.844. The molecule has 2 saturated carbocycles. The van der Waals surface area contributed by atoms with Crippen LogP contribution in [0.25, 0.3) is 65.9 Å². The van der Waals surface area contributed by atoms with Gasteiger partial charge in [0.25, 0.3) is 0 Å². The molecule has 8 heterocycles. The highest BCUT2D eigenvalue weighted by Gasteiger charge is 2.51. The van der Waals surface area contributed by atoms with Gasteiger partial charge in [-0.1, -0.05) is 30.7 Å². The molecule has 4 aliphatic heterocycles. The smallest absolute Gasteiger partial charge is 0.319 e. The van der Waals surface area contributed by atoms with Gasteiger partial charge < -0.3 is 53.9 Å². The number of aromatic nitrogens is 6. The van der Waals surface area contributed by atoms with Crippen molar-refractivity contribution in [1.82, 2.24) is 39.7 Å². The number of phenols is 2. The van der Waals surface area contributed by atoms with Crippen molar-refractivity contribution < 1.29 is 51.8 Å². The summed E-state index contributed by atoms with van der Waals surface area (Å²) in [4.78, 5) is 37.2. The van der Waals surface area contributed by atoms with Crippen LogP contribution in [0.5, 0.6) is 23.5 Å². The molecule has 2 aliphatic carbocycles. The summed E-state index contributed by atoms with van der Waals surface area (Å²) in [5, 5.41) is 35.8. The van der Waals surface area contributed by atoms with Crippen molar-refractivity contribution in [3.05, 3.63) is 94.8 Å². The molecule has 17 nitrogen and oxygen atoms in total. The lowest BCUT2D eigenvalue weighted by atomic mass is 9.65. The molecule has 466 valence electrons. The fraction of sp³-hybridized carbons (Fsp3) is 0.449. The number of hydrogen-bond donors (Lipinski definition) is 3. The van der Waals surface area contributed by atoms with Gasteiger partial charge in [-0.3, -0.25) is 9.97 Å². The fourth-order valence-corrected chi connectivity index (χ4v) is 15.9. The largest absolute Gasteiger partial charge is 0.508 e. The predicted molar refractivity (Wildman–Crippen MR) is 334 cm³/mol. The minimum absolute atomic E-state index is 0.0290. The van der Waals surface area contributed by atoms with Crippen LogP contribution >= 0.6 is 0 Å². The molecule has 14 rings (SSSR count). The number of anilines is 2. The van der Waals surface area contributed by atoms with E-state index in [9.17, 15) is 15.3 Å². The van der Waals surface area contributed by atoms with Crippen molar-refractivity contribution in [3.63, 3.8) is 0 Å².